The summed E-state index contributed by atoms with van der Waals surface area (Å²) in [4.78, 5) is 0. The van der Waals surface area contributed by atoms with E-state index in [1.807, 2.05) is 0 Å². The molecule has 0 radical (unpaired) electrons. The zero-order valence-corrected chi connectivity index (χ0v) is 14.6. The van der Waals surface area contributed by atoms with E-state index in [1.165, 1.54) is 18.6 Å². The zero-order valence-electron chi connectivity index (χ0n) is 13.0. The average molecular weight is 360 g/mol. The fourth-order valence-corrected chi connectivity index (χ4v) is 3.59. The summed E-state index contributed by atoms with van der Waals surface area (Å²) in [6.07, 6.45) is 5.37. The standard InChI is InChI=1S/C17H24BrF2N/c1-4-17(2,3)11-5-7-13(8-6-11)21-16-14(19)9-12(18)10-15(16)20/h9-11,13,21H,4-8H2,1-3H3. The number of hydrogen-bond acceptors (Lipinski definition) is 1. The van der Waals surface area contributed by atoms with E-state index in [-0.39, 0.29) is 11.7 Å². The summed E-state index contributed by atoms with van der Waals surface area (Å²) in [7, 11) is 0. The largest absolute Gasteiger partial charge is 0.378 e. The molecule has 2 rings (SSSR count). The molecule has 0 aromatic heterocycles. The van der Waals surface area contributed by atoms with Crippen LogP contribution in [0.1, 0.15) is 52.9 Å². The predicted octanol–water partition coefficient (Wildman–Crippen LogP) is 6.13. The summed E-state index contributed by atoms with van der Waals surface area (Å²) in [5.74, 6) is -0.351. The van der Waals surface area contributed by atoms with Crippen molar-refractivity contribution in [2.45, 2.75) is 58.9 Å². The summed E-state index contributed by atoms with van der Waals surface area (Å²) in [5, 5.41) is 3.06. The van der Waals surface area contributed by atoms with Gasteiger partial charge in [-0.2, -0.15) is 0 Å². The highest BCUT2D eigenvalue weighted by Crippen LogP contribution is 2.41. The lowest BCUT2D eigenvalue weighted by molar-refractivity contribution is 0.147. The Bertz CT molecular complexity index is 471. The van der Waals surface area contributed by atoms with Crippen LogP contribution in [0.4, 0.5) is 14.5 Å². The molecule has 0 spiro atoms. The molecule has 1 fully saturated rings. The molecule has 0 amide bonds. The molecule has 4 heteroatoms. The molecular weight excluding hydrogens is 336 g/mol. The van der Waals surface area contributed by atoms with Crippen molar-refractivity contribution in [3.8, 4) is 0 Å². The van der Waals surface area contributed by atoms with Crippen LogP contribution in [-0.4, -0.2) is 6.04 Å². The van der Waals surface area contributed by atoms with E-state index in [9.17, 15) is 8.78 Å². The van der Waals surface area contributed by atoms with Gasteiger partial charge in [-0.1, -0.05) is 43.1 Å². The molecule has 1 N–H and O–H groups in total. The summed E-state index contributed by atoms with van der Waals surface area (Å²) in [6.45, 7) is 6.87. The fraction of sp³-hybridized carbons (Fsp3) is 0.647. The van der Waals surface area contributed by atoms with E-state index in [0.29, 0.717) is 15.8 Å². The Balaban J connectivity index is 1.98. The summed E-state index contributed by atoms with van der Waals surface area (Å²) < 4.78 is 28.1. The molecule has 1 aromatic carbocycles. The van der Waals surface area contributed by atoms with Crippen molar-refractivity contribution in [2.24, 2.45) is 11.3 Å². The first-order valence-electron chi connectivity index (χ1n) is 7.74. The molecule has 0 heterocycles. The summed E-state index contributed by atoms with van der Waals surface area (Å²) in [5.41, 5.74) is 0.371. The number of halogens is 3. The van der Waals surface area contributed by atoms with Gasteiger partial charge >= 0.3 is 0 Å². The van der Waals surface area contributed by atoms with Crippen molar-refractivity contribution in [3.05, 3.63) is 28.2 Å². The third-order valence-corrected chi connectivity index (χ3v) is 5.56. The molecule has 118 valence electrons. The quantitative estimate of drug-likeness (QED) is 0.681. The van der Waals surface area contributed by atoms with Crippen molar-refractivity contribution in [3.63, 3.8) is 0 Å². The smallest absolute Gasteiger partial charge is 0.150 e. The molecule has 1 nitrogen and oxygen atoms in total. The Morgan fingerprint density at radius 1 is 1.14 bits per heavy atom. The first-order valence-corrected chi connectivity index (χ1v) is 8.54. The molecule has 1 aliphatic carbocycles. The Kier molecular flexibility index (Phi) is 5.29. The maximum atomic E-state index is 13.9. The molecule has 1 saturated carbocycles. The topological polar surface area (TPSA) is 12.0 Å². The van der Waals surface area contributed by atoms with Gasteiger partial charge in [0.15, 0.2) is 0 Å². The van der Waals surface area contributed by atoms with Crippen LogP contribution in [0.5, 0.6) is 0 Å². The van der Waals surface area contributed by atoms with Crippen LogP contribution in [0.3, 0.4) is 0 Å². The van der Waals surface area contributed by atoms with Gasteiger partial charge in [-0.15, -0.1) is 0 Å². The first-order chi connectivity index (χ1) is 9.83. The Hall–Kier alpha value is -0.640. The first kappa shape index (κ1) is 16.7. The van der Waals surface area contributed by atoms with Crippen molar-refractivity contribution in [1.29, 1.82) is 0 Å². The second-order valence-corrected chi connectivity index (χ2v) is 7.70. The Morgan fingerprint density at radius 3 is 2.14 bits per heavy atom. The summed E-state index contributed by atoms with van der Waals surface area (Å²) in [6, 6.07) is 2.77. The molecule has 21 heavy (non-hydrogen) atoms. The molecule has 0 saturated heterocycles. The molecule has 1 aliphatic rings. The van der Waals surface area contributed by atoms with Crippen LogP contribution >= 0.6 is 15.9 Å². The van der Waals surface area contributed by atoms with Gasteiger partial charge in [-0.25, -0.2) is 8.78 Å². The highest BCUT2D eigenvalue weighted by atomic mass is 79.9. The van der Waals surface area contributed by atoms with E-state index >= 15 is 0 Å². The second kappa shape index (κ2) is 6.64. The number of hydrogen-bond donors (Lipinski definition) is 1. The van der Waals surface area contributed by atoms with Crippen LogP contribution in [0, 0.1) is 23.0 Å². The molecule has 1 aromatic rings. The van der Waals surface area contributed by atoms with Gasteiger partial charge in [-0.05, 0) is 49.1 Å². The number of anilines is 1. The van der Waals surface area contributed by atoms with Crippen LogP contribution in [0.2, 0.25) is 0 Å². The highest BCUT2D eigenvalue weighted by Gasteiger charge is 2.32. The van der Waals surface area contributed by atoms with Crippen LogP contribution in [0.25, 0.3) is 0 Å². The fourth-order valence-electron chi connectivity index (χ4n) is 3.19. The molecule has 0 unspecified atom stereocenters. The van der Waals surface area contributed by atoms with E-state index in [4.69, 9.17) is 0 Å². The predicted molar refractivity (Wildman–Crippen MR) is 87.5 cm³/mol. The summed E-state index contributed by atoms with van der Waals surface area (Å²) >= 11 is 3.10. The van der Waals surface area contributed by atoms with Gasteiger partial charge in [-0.3, -0.25) is 0 Å². The van der Waals surface area contributed by atoms with Crippen molar-refractivity contribution < 1.29 is 8.78 Å². The lowest BCUT2D eigenvalue weighted by Gasteiger charge is -2.39. The normalized spacial score (nSPS) is 23.1. The minimum atomic E-state index is -0.530. The maximum absolute atomic E-state index is 13.9. The number of benzene rings is 1. The van der Waals surface area contributed by atoms with Gasteiger partial charge < -0.3 is 5.32 Å². The van der Waals surface area contributed by atoms with Gasteiger partial charge in [0.2, 0.25) is 0 Å². The third-order valence-electron chi connectivity index (χ3n) is 5.10. The van der Waals surface area contributed by atoms with Crippen molar-refractivity contribution in [2.75, 3.05) is 5.32 Å². The van der Waals surface area contributed by atoms with E-state index in [0.717, 1.165) is 25.7 Å². The lowest BCUT2D eigenvalue weighted by atomic mass is 9.69. The van der Waals surface area contributed by atoms with Crippen molar-refractivity contribution in [1.82, 2.24) is 0 Å². The third kappa shape index (κ3) is 3.97. The molecule has 0 bridgehead atoms. The van der Waals surface area contributed by atoms with E-state index < -0.39 is 11.6 Å². The van der Waals surface area contributed by atoms with Crippen LogP contribution in [0.15, 0.2) is 16.6 Å². The minimum absolute atomic E-state index is 0.0106. The Morgan fingerprint density at radius 2 is 1.67 bits per heavy atom. The average Bonchev–Trinajstić information content (AvgIpc) is 2.43. The van der Waals surface area contributed by atoms with E-state index in [2.05, 4.69) is 42.0 Å². The maximum Gasteiger partial charge on any atom is 0.150 e. The van der Waals surface area contributed by atoms with Crippen LogP contribution < -0.4 is 5.32 Å². The molecular formula is C17H24BrF2N. The minimum Gasteiger partial charge on any atom is -0.378 e. The van der Waals surface area contributed by atoms with Crippen LogP contribution in [-0.2, 0) is 0 Å². The molecule has 0 aliphatic heterocycles. The SMILES string of the molecule is CCC(C)(C)C1CCC(Nc2c(F)cc(Br)cc2F)CC1. The number of rotatable bonds is 4. The van der Waals surface area contributed by atoms with Gasteiger partial charge in [0, 0.05) is 10.5 Å². The number of nitrogens with one attached hydrogen (secondary N) is 1. The van der Waals surface area contributed by atoms with E-state index in [1.54, 1.807) is 0 Å². The monoisotopic (exact) mass is 359 g/mol. The Labute approximate surface area is 134 Å². The van der Waals surface area contributed by atoms with Gasteiger partial charge in [0.25, 0.3) is 0 Å². The van der Waals surface area contributed by atoms with Gasteiger partial charge in [0.1, 0.15) is 17.3 Å². The van der Waals surface area contributed by atoms with Gasteiger partial charge in [0.05, 0.1) is 0 Å². The highest BCUT2D eigenvalue weighted by molar-refractivity contribution is 9.10. The molecule has 0 atom stereocenters. The lowest BCUT2D eigenvalue weighted by Crippen LogP contribution is -2.33. The second-order valence-electron chi connectivity index (χ2n) is 6.78. The zero-order chi connectivity index (χ0) is 15.6. The van der Waals surface area contributed by atoms with Crippen molar-refractivity contribution >= 4 is 21.6 Å².